The summed E-state index contributed by atoms with van der Waals surface area (Å²) in [5.74, 6) is -0.708. The number of pyridine rings is 1. The lowest BCUT2D eigenvalue weighted by Crippen LogP contribution is -2.58. The Bertz CT molecular complexity index is 2180. The summed E-state index contributed by atoms with van der Waals surface area (Å²) in [5.41, 5.74) is 3.95. The van der Waals surface area contributed by atoms with Crippen LogP contribution < -0.4 is 20.9 Å². The summed E-state index contributed by atoms with van der Waals surface area (Å²) in [6, 6.07) is 21.9. The molecule has 2 saturated heterocycles. The Hall–Kier alpha value is -5.53. The number of amides is 2. The van der Waals surface area contributed by atoms with Crippen LogP contribution in [-0.4, -0.2) is 54.1 Å². The van der Waals surface area contributed by atoms with Gasteiger partial charge in [-0.2, -0.15) is 5.26 Å². The maximum Gasteiger partial charge on any atom is 0.251 e. The summed E-state index contributed by atoms with van der Waals surface area (Å²) in [7, 11) is 1.55. The molecule has 9 rings (SSSR count). The largest absolute Gasteiger partial charge is 0.508 e. The smallest absolute Gasteiger partial charge is 0.251 e. The average Bonchev–Trinajstić information content (AvgIpc) is 3.73. The number of fused-ring (bicyclic) bond motifs is 5. The highest BCUT2D eigenvalue weighted by atomic mass is 19.1. The lowest BCUT2D eigenvalue weighted by atomic mass is 9.78. The molecule has 4 heterocycles. The highest BCUT2D eigenvalue weighted by Crippen LogP contribution is 2.50. The van der Waals surface area contributed by atoms with Gasteiger partial charge in [0.15, 0.2) is 5.82 Å². The van der Waals surface area contributed by atoms with Crippen molar-refractivity contribution in [3.8, 4) is 34.2 Å². The molecule has 4 aromatic carbocycles. The van der Waals surface area contributed by atoms with Gasteiger partial charge in [0.25, 0.3) is 5.91 Å². The molecule has 10 heteroatoms. The van der Waals surface area contributed by atoms with Crippen molar-refractivity contribution >= 4 is 44.9 Å². The molecule has 4 N–H and O–H groups in total. The van der Waals surface area contributed by atoms with Gasteiger partial charge in [-0.25, -0.2) is 9.37 Å². The molecule has 47 heavy (non-hydrogen) atoms. The van der Waals surface area contributed by atoms with Crippen molar-refractivity contribution in [2.24, 2.45) is 5.92 Å². The number of halogens is 1. The minimum atomic E-state index is -0.579. The predicted molar refractivity (Wildman–Crippen MR) is 179 cm³/mol. The van der Waals surface area contributed by atoms with Crippen molar-refractivity contribution in [2.45, 2.75) is 31.3 Å². The van der Waals surface area contributed by atoms with Gasteiger partial charge in [-0.3, -0.25) is 9.59 Å². The standard InChI is InChI=1S/C37H31FN6O3/c1-40-37(47)22-8-4-7-21(12-22)32-34-36(44(18-29(46)42-34)35-23-15-28(35)41-17-23)27-14-20(9-5-11-39)30(31(38)33(27)43-32)26-16-24(45)13-19-6-2-3-10-25(19)26/h2-4,6-8,10,12-14,16,23,28,35,41,45H,5,9,15,17-18H2,1H3,(H,40,47)(H,42,46). The van der Waals surface area contributed by atoms with Gasteiger partial charge < -0.3 is 26.0 Å². The van der Waals surface area contributed by atoms with Gasteiger partial charge in [0.2, 0.25) is 5.91 Å². The molecule has 5 aromatic rings. The van der Waals surface area contributed by atoms with Gasteiger partial charge in [0.05, 0.1) is 29.7 Å². The highest BCUT2D eigenvalue weighted by Gasteiger charge is 2.51. The number of rotatable bonds is 6. The predicted octanol–water partition coefficient (Wildman–Crippen LogP) is 5.50. The maximum atomic E-state index is 17.5. The first-order valence-electron chi connectivity index (χ1n) is 15.8. The number of nitrogens with zero attached hydrogens (tertiary/aromatic N) is 3. The van der Waals surface area contributed by atoms with Gasteiger partial charge >= 0.3 is 0 Å². The number of aromatic nitrogens is 1. The number of phenols is 1. The number of benzene rings is 4. The molecule has 0 spiro atoms. The molecule has 4 aliphatic rings. The zero-order chi connectivity index (χ0) is 32.4. The number of nitrogens with one attached hydrogen (secondary N) is 3. The summed E-state index contributed by atoms with van der Waals surface area (Å²) < 4.78 is 17.5. The van der Waals surface area contributed by atoms with Crippen LogP contribution in [0, 0.1) is 23.1 Å². The maximum absolute atomic E-state index is 17.5. The Morgan fingerprint density at radius 3 is 2.77 bits per heavy atom. The lowest BCUT2D eigenvalue weighted by Gasteiger charge is -2.47. The summed E-state index contributed by atoms with van der Waals surface area (Å²) in [6.45, 7) is 0.959. The minimum Gasteiger partial charge on any atom is -0.508 e. The van der Waals surface area contributed by atoms with E-state index in [0.29, 0.717) is 50.6 Å². The molecule has 1 aromatic heterocycles. The molecule has 2 bridgehead atoms. The molecular formula is C37H31FN6O3. The zero-order valence-electron chi connectivity index (χ0n) is 25.6. The third kappa shape index (κ3) is 4.57. The number of carbonyl (C=O) groups excluding carboxylic acids is 2. The number of aryl methyl sites for hydroxylation is 1. The molecule has 1 saturated carbocycles. The first-order valence-corrected chi connectivity index (χ1v) is 15.8. The Morgan fingerprint density at radius 1 is 1.15 bits per heavy atom. The first kappa shape index (κ1) is 28.9. The second-order valence-electron chi connectivity index (χ2n) is 12.5. The van der Waals surface area contributed by atoms with Crippen LogP contribution in [0.15, 0.2) is 66.7 Å². The first-order chi connectivity index (χ1) is 22.9. The van der Waals surface area contributed by atoms with E-state index in [1.807, 2.05) is 30.3 Å². The van der Waals surface area contributed by atoms with Crippen molar-refractivity contribution < 1.29 is 19.1 Å². The zero-order valence-corrected chi connectivity index (χ0v) is 25.6. The van der Waals surface area contributed by atoms with Gasteiger partial charge in [-0.05, 0) is 71.0 Å². The van der Waals surface area contributed by atoms with E-state index >= 15 is 4.39 Å². The SMILES string of the molecule is CNC(=O)c1cccc(-c2nc3c(F)c(-c4cc(O)cc5ccccc45)c(CCC#N)cc3c3c2NC(=O)CN3C2C3CNC2C3)c1. The minimum absolute atomic E-state index is 0.00335. The van der Waals surface area contributed by atoms with Crippen LogP contribution in [0.5, 0.6) is 5.75 Å². The van der Waals surface area contributed by atoms with Crippen LogP contribution in [0.4, 0.5) is 15.8 Å². The number of nitriles is 1. The number of hydrogen-bond acceptors (Lipinski definition) is 7. The van der Waals surface area contributed by atoms with E-state index < -0.39 is 5.82 Å². The highest BCUT2D eigenvalue weighted by molar-refractivity contribution is 6.14. The molecular weight excluding hydrogens is 595 g/mol. The summed E-state index contributed by atoms with van der Waals surface area (Å²) in [5, 5.41) is 31.6. The summed E-state index contributed by atoms with van der Waals surface area (Å²) in [4.78, 5) is 33.0. The Balaban J connectivity index is 1.47. The third-order valence-electron chi connectivity index (χ3n) is 9.84. The van der Waals surface area contributed by atoms with Crippen LogP contribution in [0.2, 0.25) is 0 Å². The summed E-state index contributed by atoms with van der Waals surface area (Å²) in [6.07, 6.45) is 1.44. The number of anilines is 2. The fourth-order valence-corrected chi connectivity index (χ4v) is 7.74. The van der Waals surface area contributed by atoms with E-state index in [9.17, 15) is 20.0 Å². The van der Waals surface area contributed by atoms with E-state index in [-0.39, 0.29) is 60.1 Å². The molecule has 3 unspecified atom stereocenters. The van der Waals surface area contributed by atoms with Crippen molar-refractivity contribution in [3.05, 3.63) is 83.7 Å². The lowest BCUT2D eigenvalue weighted by molar-refractivity contribution is -0.115. The molecule has 0 radical (unpaired) electrons. The average molecular weight is 627 g/mol. The second-order valence-corrected chi connectivity index (χ2v) is 12.5. The van der Waals surface area contributed by atoms with E-state index in [2.05, 4.69) is 26.9 Å². The van der Waals surface area contributed by atoms with E-state index in [1.165, 1.54) is 0 Å². The van der Waals surface area contributed by atoms with Gasteiger partial charge in [0, 0.05) is 54.2 Å². The van der Waals surface area contributed by atoms with Crippen molar-refractivity contribution in [3.63, 3.8) is 0 Å². The van der Waals surface area contributed by atoms with E-state index in [1.54, 1.807) is 43.4 Å². The Labute approximate surface area is 270 Å². The molecule has 234 valence electrons. The molecule has 2 amide bonds. The van der Waals surface area contributed by atoms with Crippen LogP contribution in [-0.2, 0) is 11.2 Å². The molecule has 1 aliphatic carbocycles. The third-order valence-corrected chi connectivity index (χ3v) is 9.84. The van der Waals surface area contributed by atoms with Crippen LogP contribution in [0.1, 0.15) is 28.8 Å². The Kier molecular flexibility index (Phi) is 6.81. The second kappa shape index (κ2) is 11.1. The van der Waals surface area contributed by atoms with Crippen molar-refractivity contribution in [2.75, 3.05) is 30.4 Å². The number of phenolic OH excluding ortho intramolecular Hbond substituents is 1. The topological polar surface area (TPSA) is 130 Å². The monoisotopic (exact) mass is 626 g/mol. The quantitative estimate of drug-likeness (QED) is 0.196. The van der Waals surface area contributed by atoms with Gasteiger partial charge in [-0.1, -0.05) is 36.4 Å². The molecule has 3 aliphatic heterocycles. The van der Waals surface area contributed by atoms with Crippen LogP contribution >= 0.6 is 0 Å². The van der Waals surface area contributed by atoms with Crippen molar-refractivity contribution in [1.29, 1.82) is 5.26 Å². The summed E-state index contributed by atoms with van der Waals surface area (Å²) >= 11 is 0. The molecule has 9 nitrogen and oxygen atoms in total. The number of carbonyl (C=O) groups is 2. The van der Waals surface area contributed by atoms with Crippen LogP contribution in [0.25, 0.3) is 44.1 Å². The fraction of sp³-hybridized carbons (Fsp3) is 0.243. The number of hydrogen-bond donors (Lipinski definition) is 4. The van der Waals surface area contributed by atoms with E-state index in [4.69, 9.17) is 4.98 Å². The molecule has 3 atom stereocenters. The van der Waals surface area contributed by atoms with Gasteiger partial charge in [0.1, 0.15) is 11.3 Å². The van der Waals surface area contributed by atoms with Crippen LogP contribution in [0.3, 0.4) is 0 Å². The van der Waals surface area contributed by atoms with E-state index in [0.717, 1.165) is 23.7 Å². The van der Waals surface area contributed by atoms with Crippen molar-refractivity contribution in [1.82, 2.24) is 15.6 Å². The fourth-order valence-electron chi connectivity index (χ4n) is 7.74. The molecule has 3 fully saturated rings. The van der Waals surface area contributed by atoms with Gasteiger partial charge in [-0.15, -0.1) is 0 Å². The normalized spacial score (nSPS) is 19.6. The Morgan fingerprint density at radius 2 is 2.00 bits per heavy atom. The number of aromatic hydroxyl groups is 1.